The van der Waals surface area contributed by atoms with Crippen molar-refractivity contribution in [2.75, 3.05) is 7.05 Å². The predicted molar refractivity (Wildman–Crippen MR) is 68.1 cm³/mol. The Labute approximate surface area is 95.3 Å². The first kappa shape index (κ1) is 12.8. The molecule has 0 aromatic heterocycles. The van der Waals surface area contributed by atoms with Gasteiger partial charge in [-0.1, -0.05) is 25.8 Å². The van der Waals surface area contributed by atoms with Crippen LogP contribution < -0.4 is 5.32 Å². The molecule has 1 nitrogen and oxygen atoms in total. The average Bonchev–Trinajstić information content (AvgIpc) is 2.74. The number of rotatable bonds is 7. The molecule has 0 amide bonds. The fraction of sp³-hybridized carbons (Fsp3) is 0.857. The van der Waals surface area contributed by atoms with E-state index in [2.05, 4.69) is 25.9 Å². The van der Waals surface area contributed by atoms with E-state index in [1.165, 1.54) is 44.9 Å². The highest BCUT2D eigenvalue weighted by molar-refractivity contribution is 4.93. The molecule has 0 saturated heterocycles. The van der Waals surface area contributed by atoms with E-state index in [0.717, 1.165) is 12.5 Å². The van der Waals surface area contributed by atoms with Gasteiger partial charge in [0.25, 0.3) is 0 Å². The first-order chi connectivity index (χ1) is 7.29. The van der Waals surface area contributed by atoms with Crippen LogP contribution in [0.2, 0.25) is 0 Å². The molecule has 1 aliphatic rings. The Morgan fingerprint density at radius 3 is 2.53 bits per heavy atom. The second kappa shape index (κ2) is 6.32. The fourth-order valence-corrected chi connectivity index (χ4v) is 3.25. The molecule has 1 fully saturated rings. The Morgan fingerprint density at radius 1 is 1.40 bits per heavy atom. The van der Waals surface area contributed by atoms with Crippen LogP contribution in [0.5, 0.6) is 0 Å². The third-order valence-electron chi connectivity index (χ3n) is 4.29. The number of unbranched alkanes of at least 4 members (excludes halogenated alkanes) is 1. The molecule has 1 aliphatic carbocycles. The Hall–Kier alpha value is -0.300. The van der Waals surface area contributed by atoms with Gasteiger partial charge in [0, 0.05) is 6.04 Å². The van der Waals surface area contributed by atoms with Crippen molar-refractivity contribution in [1.29, 1.82) is 0 Å². The van der Waals surface area contributed by atoms with E-state index >= 15 is 0 Å². The van der Waals surface area contributed by atoms with Gasteiger partial charge < -0.3 is 5.32 Å². The van der Waals surface area contributed by atoms with Crippen LogP contribution in [0.25, 0.3) is 0 Å². The zero-order valence-corrected chi connectivity index (χ0v) is 10.5. The summed E-state index contributed by atoms with van der Waals surface area (Å²) in [5.41, 5.74) is 0.607. The number of hydrogen-bond donors (Lipinski definition) is 1. The summed E-state index contributed by atoms with van der Waals surface area (Å²) in [7, 11) is 2.13. The first-order valence-corrected chi connectivity index (χ1v) is 6.57. The lowest BCUT2D eigenvalue weighted by Crippen LogP contribution is -2.41. The van der Waals surface area contributed by atoms with E-state index in [1.54, 1.807) is 0 Å². The molecule has 15 heavy (non-hydrogen) atoms. The molecule has 0 aromatic carbocycles. The molecule has 1 unspecified atom stereocenters. The van der Waals surface area contributed by atoms with Crippen molar-refractivity contribution in [3.8, 4) is 0 Å². The molecule has 1 rings (SSSR count). The van der Waals surface area contributed by atoms with Gasteiger partial charge in [-0.2, -0.15) is 0 Å². The molecule has 1 N–H and O–H groups in total. The maximum Gasteiger partial charge on any atom is 0.0120 e. The molecule has 0 aliphatic heterocycles. The Bertz CT molecular complexity index is 180. The third kappa shape index (κ3) is 3.07. The minimum Gasteiger partial charge on any atom is -0.316 e. The second-order valence-electron chi connectivity index (χ2n) is 4.98. The van der Waals surface area contributed by atoms with Crippen LogP contribution in [-0.4, -0.2) is 13.1 Å². The Kier molecular flexibility index (Phi) is 5.38. The Balaban J connectivity index is 2.50. The minimum absolute atomic E-state index is 0.607. The summed E-state index contributed by atoms with van der Waals surface area (Å²) >= 11 is 0. The average molecular weight is 209 g/mol. The highest BCUT2D eigenvalue weighted by Crippen LogP contribution is 2.45. The first-order valence-electron chi connectivity index (χ1n) is 6.57. The zero-order chi connectivity index (χ0) is 11.1. The molecular formula is C14H27N. The van der Waals surface area contributed by atoms with Gasteiger partial charge in [0.1, 0.15) is 0 Å². The summed E-state index contributed by atoms with van der Waals surface area (Å²) in [6, 6.07) is 0.727. The number of allylic oxidation sites excluding steroid dienone is 1. The van der Waals surface area contributed by atoms with Crippen LogP contribution in [0.3, 0.4) is 0 Å². The summed E-state index contributed by atoms with van der Waals surface area (Å²) in [5.74, 6) is 0. The van der Waals surface area contributed by atoms with E-state index < -0.39 is 0 Å². The molecule has 1 atom stereocenters. The van der Waals surface area contributed by atoms with Crippen LogP contribution in [0.4, 0.5) is 0 Å². The maximum atomic E-state index is 3.80. The quantitative estimate of drug-likeness (QED) is 0.495. The van der Waals surface area contributed by atoms with Gasteiger partial charge in [0.2, 0.25) is 0 Å². The van der Waals surface area contributed by atoms with Crippen molar-refractivity contribution < 1.29 is 0 Å². The lowest BCUT2D eigenvalue weighted by Gasteiger charge is -2.37. The standard InChI is InChI=1S/C14H27N/c1-4-6-7-10-13(15-3)14(5-2)11-8-9-12-14/h4,13,15H,1,5-12H2,2-3H3. The monoisotopic (exact) mass is 209 g/mol. The minimum atomic E-state index is 0.607. The van der Waals surface area contributed by atoms with Gasteiger partial charge in [-0.15, -0.1) is 6.58 Å². The van der Waals surface area contributed by atoms with Crippen LogP contribution in [0.1, 0.15) is 58.3 Å². The predicted octanol–water partition coefficient (Wildman–Crippen LogP) is 3.90. The molecule has 1 heteroatoms. The molecule has 88 valence electrons. The van der Waals surface area contributed by atoms with Crippen molar-refractivity contribution in [3.63, 3.8) is 0 Å². The van der Waals surface area contributed by atoms with Crippen molar-refractivity contribution in [1.82, 2.24) is 5.32 Å². The lowest BCUT2D eigenvalue weighted by atomic mass is 9.74. The molecule has 0 heterocycles. The SMILES string of the molecule is C=CCCCC(NC)C1(CC)CCCC1. The van der Waals surface area contributed by atoms with Crippen molar-refractivity contribution in [2.45, 2.75) is 64.3 Å². The summed E-state index contributed by atoms with van der Waals surface area (Å²) in [6.45, 7) is 6.16. The maximum absolute atomic E-state index is 3.80. The van der Waals surface area contributed by atoms with Gasteiger partial charge >= 0.3 is 0 Å². The molecular weight excluding hydrogens is 182 g/mol. The second-order valence-corrected chi connectivity index (χ2v) is 4.98. The van der Waals surface area contributed by atoms with Crippen LogP contribution in [0, 0.1) is 5.41 Å². The van der Waals surface area contributed by atoms with Crippen molar-refractivity contribution in [3.05, 3.63) is 12.7 Å². The van der Waals surface area contributed by atoms with Crippen molar-refractivity contribution >= 4 is 0 Å². The summed E-state index contributed by atoms with van der Waals surface area (Å²) < 4.78 is 0. The molecule has 0 radical (unpaired) electrons. The Morgan fingerprint density at radius 2 is 2.07 bits per heavy atom. The lowest BCUT2D eigenvalue weighted by molar-refractivity contribution is 0.182. The van der Waals surface area contributed by atoms with Crippen molar-refractivity contribution in [2.24, 2.45) is 5.41 Å². The highest BCUT2D eigenvalue weighted by Gasteiger charge is 2.38. The summed E-state index contributed by atoms with van der Waals surface area (Å²) in [4.78, 5) is 0. The van der Waals surface area contributed by atoms with Crippen LogP contribution in [0.15, 0.2) is 12.7 Å². The fourth-order valence-electron chi connectivity index (χ4n) is 3.25. The summed E-state index contributed by atoms with van der Waals surface area (Å²) in [6.07, 6.45) is 12.9. The number of nitrogens with one attached hydrogen (secondary N) is 1. The van der Waals surface area contributed by atoms with E-state index in [9.17, 15) is 0 Å². The smallest absolute Gasteiger partial charge is 0.0120 e. The van der Waals surface area contributed by atoms with E-state index in [1.807, 2.05) is 6.08 Å². The third-order valence-corrected chi connectivity index (χ3v) is 4.29. The topological polar surface area (TPSA) is 12.0 Å². The molecule has 0 bridgehead atoms. The van der Waals surface area contributed by atoms with Crippen LogP contribution >= 0.6 is 0 Å². The van der Waals surface area contributed by atoms with E-state index in [4.69, 9.17) is 0 Å². The zero-order valence-electron chi connectivity index (χ0n) is 10.5. The summed E-state index contributed by atoms with van der Waals surface area (Å²) in [5, 5.41) is 3.56. The molecule has 0 spiro atoms. The molecule has 0 aromatic rings. The van der Waals surface area contributed by atoms with Gasteiger partial charge in [0.15, 0.2) is 0 Å². The largest absolute Gasteiger partial charge is 0.316 e. The highest BCUT2D eigenvalue weighted by atomic mass is 14.9. The van der Waals surface area contributed by atoms with Gasteiger partial charge in [-0.3, -0.25) is 0 Å². The van der Waals surface area contributed by atoms with E-state index in [-0.39, 0.29) is 0 Å². The van der Waals surface area contributed by atoms with Gasteiger partial charge in [-0.05, 0) is 51.0 Å². The van der Waals surface area contributed by atoms with Gasteiger partial charge in [0.05, 0.1) is 0 Å². The molecule has 1 saturated carbocycles. The van der Waals surface area contributed by atoms with E-state index in [0.29, 0.717) is 5.41 Å². The number of hydrogen-bond acceptors (Lipinski definition) is 1. The normalized spacial score (nSPS) is 21.5. The van der Waals surface area contributed by atoms with Crippen LogP contribution in [-0.2, 0) is 0 Å². The van der Waals surface area contributed by atoms with Gasteiger partial charge in [-0.25, -0.2) is 0 Å².